The molecule has 1 unspecified atom stereocenters. The molecular formula is C33H53NO7. The largest absolute Gasteiger partial charge is 0.497 e. The highest BCUT2D eigenvalue weighted by molar-refractivity contribution is 5.96. The van der Waals surface area contributed by atoms with Crippen molar-refractivity contribution in [2.24, 2.45) is 5.92 Å². The molecule has 232 valence electrons. The second-order valence-corrected chi connectivity index (χ2v) is 10.8. The van der Waals surface area contributed by atoms with Gasteiger partial charge >= 0.3 is 0 Å². The maximum atomic E-state index is 13.1. The molecule has 0 radical (unpaired) electrons. The van der Waals surface area contributed by atoms with E-state index in [2.05, 4.69) is 4.90 Å². The Morgan fingerprint density at radius 3 is 2.49 bits per heavy atom. The van der Waals surface area contributed by atoms with Crippen LogP contribution in [0, 0.1) is 5.92 Å². The topological polar surface area (TPSA) is 94.5 Å². The molecule has 0 amide bonds. The maximum Gasteiger partial charge on any atom is 0.162 e. The van der Waals surface area contributed by atoms with Gasteiger partial charge in [-0.2, -0.15) is 0 Å². The Morgan fingerprint density at radius 2 is 1.76 bits per heavy atom. The Kier molecular flexibility index (Phi) is 13.1. The Hall–Kier alpha value is -2.94. The second-order valence-electron chi connectivity index (χ2n) is 10.8. The minimum atomic E-state index is -0.800. The number of benzene rings is 2. The molecule has 0 spiro atoms. The van der Waals surface area contributed by atoms with Gasteiger partial charge in [0.2, 0.25) is 0 Å². The number of carbonyl (C=O) groups excluding carboxylic acids is 2. The Bertz CT molecular complexity index is 1120. The lowest BCUT2D eigenvalue weighted by molar-refractivity contribution is -0.121. The van der Waals surface area contributed by atoms with Crippen molar-refractivity contribution < 1.29 is 37.9 Å². The molecule has 8 heteroatoms. The summed E-state index contributed by atoms with van der Waals surface area (Å²) in [6, 6.07) is 13.0. The van der Waals surface area contributed by atoms with Crippen LogP contribution in [0.3, 0.4) is 0 Å². The molecule has 4 rings (SSSR count). The van der Waals surface area contributed by atoms with Crippen LogP contribution in [0.1, 0.15) is 85.1 Å². The van der Waals surface area contributed by atoms with Crippen molar-refractivity contribution in [2.75, 3.05) is 47.1 Å². The number of rotatable bonds is 16. The van der Waals surface area contributed by atoms with Gasteiger partial charge in [0.15, 0.2) is 17.3 Å². The maximum absolute atomic E-state index is 13.1. The van der Waals surface area contributed by atoms with E-state index in [-0.39, 0.29) is 29.2 Å². The van der Waals surface area contributed by atoms with Crippen molar-refractivity contribution in [1.82, 2.24) is 4.90 Å². The Labute approximate surface area is 249 Å². The van der Waals surface area contributed by atoms with Crippen LogP contribution in [0.25, 0.3) is 0 Å². The number of unbranched alkanes of at least 4 members (excludes halogenated alkanes) is 2. The van der Waals surface area contributed by atoms with E-state index in [0.29, 0.717) is 68.7 Å². The molecule has 2 aliphatic rings. The number of nitrogens with zero attached hydrogens (tertiary/aromatic N) is 1. The van der Waals surface area contributed by atoms with Crippen LogP contribution in [-0.2, 0) is 9.53 Å². The monoisotopic (exact) mass is 575 g/mol. The third-order valence-electron chi connectivity index (χ3n) is 7.94. The Morgan fingerprint density at radius 1 is 1.02 bits per heavy atom. The third kappa shape index (κ3) is 9.28. The highest BCUT2D eigenvalue weighted by atomic mass is 16.6. The number of carbonyl (C=O) groups is 2. The molecule has 8 nitrogen and oxygen atoms in total. The number of aliphatic hydroxyl groups excluding tert-OH is 1. The van der Waals surface area contributed by atoms with Crippen molar-refractivity contribution in [3.05, 3.63) is 53.6 Å². The summed E-state index contributed by atoms with van der Waals surface area (Å²) in [5.41, 5.74) is 1.42. The number of ketones is 2. The number of methoxy groups -OCH3 is 2. The molecular weight excluding hydrogens is 522 g/mol. The van der Waals surface area contributed by atoms with Gasteiger partial charge < -0.3 is 24.1 Å². The number of fused-ring (bicyclic) bond motifs is 1. The van der Waals surface area contributed by atoms with E-state index in [9.17, 15) is 14.7 Å². The zero-order chi connectivity index (χ0) is 28.3. The van der Waals surface area contributed by atoms with Gasteiger partial charge in [0.05, 0.1) is 19.8 Å². The number of aliphatic hydroxyl groups is 1. The zero-order valence-corrected chi connectivity index (χ0v) is 23.8. The fraction of sp³-hybridized carbons (Fsp3) is 0.576. The van der Waals surface area contributed by atoms with Gasteiger partial charge in [-0.15, -0.1) is 0 Å². The highest BCUT2D eigenvalue weighted by Crippen LogP contribution is 2.36. The fourth-order valence-electron chi connectivity index (χ4n) is 5.71. The summed E-state index contributed by atoms with van der Waals surface area (Å²) in [5.74, 6) is 2.05. The Balaban J connectivity index is 0.00000462. The first-order valence-electron chi connectivity index (χ1n) is 14.5. The molecule has 0 aliphatic carbocycles. The van der Waals surface area contributed by atoms with E-state index in [1.54, 1.807) is 38.5 Å². The smallest absolute Gasteiger partial charge is 0.162 e. The number of ether oxygens (including phenoxy) is 4. The van der Waals surface area contributed by atoms with E-state index in [4.69, 9.17) is 18.9 Å². The molecule has 2 aliphatic heterocycles. The second kappa shape index (κ2) is 16.5. The predicted octanol–water partition coefficient (Wildman–Crippen LogP) is 6.39. The summed E-state index contributed by atoms with van der Waals surface area (Å²) in [7, 11) is 3.32. The average Bonchev–Trinajstić information content (AvgIpc) is 3.42. The van der Waals surface area contributed by atoms with Crippen LogP contribution >= 0.6 is 0 Å². The predicted molar refractivity (Wildman–Crippen MR) is 165 cm³/mol. The van der Waals surface area contributed by atoms with Gasteiger partial charge in [-0.05, 0) is 74.2 Å². The fourth-order valence-corrected chi connectivity index (χ4v) is 5.71. The van der Waals surface area contributed by atoms with Gasteiger partial charge in [-0.25, -0.2) is 0 Å². The van der Waals surface area contributed by atoms with Gasteiger partial charge in [-0.1, -0.05) is 19.9 Å². The van der Waals surface area contributed by atoms with E-state index in [1.807, 2.05) is 18.2 Å². The molecule has 2 heterocycles. The molecule has 41 heavy (non-hydrogen) atoms. The normalized spacial score (nSPS) is 17.9. The van der Waals surface area contributed by atoms with Crippen LogP contribution in [0.15, 0.2) is 42.5 Å². The van der Waals surface area contributed by atoms with Crippen LogP contribution in [0.2, 0.25) is 0 Å². The first-order chi connectivity index (χ1) is 19.5. The molecule has 2 aromatic carbocycles. The number of Topliss-reactive ketones (excluding diaryl/α,β-unsaturated/α-hetero) is 2. The lowest BCUT2D eigenvalue weighted by atomic mass is 9.89. The van der Waals surface area contributed by atoms with Crippen LogP contribution in [0.5, 0.6) is 17.2 Å². The lowest BCUT2D eigenvalue weighted by Crippen LogP contribution is -2.39. The van der Waals surface area contributed by atoms with Crippen molar-refractivity contribution in [2.45, 2.75) is 70.9 Å². The minimum absolute atomic E-state index is 0. The summed E-state index contributed by atoms with van der Waals surface area (Å²) >= 11 is 0. The molecule has 0 aromatic heterocycles. The standard InChI is InChI=1S/C32H43NO7.CH4.3H2/c1-37-22-26-7-6-16-33(26)21-25(32(36)24-12-15-30-31(20-24)40-18-17-39-30)19-27(34)8-4-3-5-9-29(35)23-10-13-28(38-2)14-11-23;;;;/h10-15,20,25-26,32,36H,3-9,16-19,21-22H2,1-2H3;1H4;3*1H/t25?,26-,32-;;;;/m0..../s1. The van der Waals surface area contributed by atoms with Crippen LogP contribution in [-0.4, -0.2) is 74.7 Å². The van der Waals surface area contributed by atoms with Gasteiger partial charge in [0.25, 0.3) is 0 Å². The summed E-state index contributed by atoms with van der Waals surface area (Å²) in [6.07, 6.45) is 4.84. The summed E-state index contributed by atoms with van der Waals surface area (Å²) < 4.78 is 21.9. The lowest BCUT2D eigenvalue weighted by Gasteiger charge is -2.31. The highest BCUT2D eigenvalue weighted by Gasteiger charge is 2.32. The van der Waals surface area contributed by atoms with Crippen LogP contribution in [0.4, 0.5) is 0 Å². The van der Waals surface area contributed by atoms with Gasteiger partial charge in [0, 0.05) is 54.7 Å². The summed E-state index contributed by atoms with van der Waals surface area (Å²) in [4.78, 5) is 27.9. The summed E-state index contributed by atoms with van der Waals surface area (Å²) in [5, 5.41) is 11.5. The SMILES string of the molecule is C.COC[C@@H]1CCCN1CC(CC(=O)CCCCCC(=O)c1ccc(OC)cc1)[C@@H](O)c1ccc2c(c1)OCCO2.[HH].[HH].[HH]. The zero-order valence-electron chi connectivity index (χ0n) is 23.8. The van der Waals surface area contributed by atoms with E-state index in [0.717, 1.165) is 50.0 Å². The van der Waals surface area contributed by atoms with Gasteiger partial charge in [0.1, 0.15) is 24.7 Å². The van der Waals surface area contributed by atoms with Crippen molar-refractivity contribution in [3.8, 4) is 17.2 Å². The van der Waals surface area contributed by atoms with Gasteiger partial charge in [-0.3, -0.25) is 14.5 Å². The van der Waals surface area contributed by atoms with Crippen molar-refractivity contribution in [3.63, 3.8) is 0 Å². The number of hydrogen-bond donors (Lipinski definition) is 1. The van der Waals surface area contributed by atoms with Crippen molar-refractivity contribution >= 4 is 11.6 Å². The number of likely N-dealkylation sites (tertiary alicyclic amines) is 1. The quantitative estimate of drug-likeness (QED) is 0.182. The van der Waals surface area contributed by atoms with E-state index in [1.165, 1.54) is 0 Å². The molecule has 0 saturated carbocycles. The first kappa shape index (κ1) is 32.6. The first-order valence-corrected chi connectivity index (χ1v) is 14.5. The van der Waals surface area contributed by atoms with E-state index < -0.39 is 6.10 Å². The van der Waals surface area contributed by atoms with Crippen LogP contribution < -0.4 is 14.2 Å². The number of hydrogen-bond acceptors (Lipinski definition) is 8. The molecule has 3 atom stereocenters. The molecule has 1 N–H and O–H groups in total. The molecule has 0 bridgehead atoms. The van der Waals surface area contributed by atoms with Crippen molar-refractivity contribution in [1.29, 1.82) is 0 Å². The summed E-state index contributed by atoms with van der Waals surface area (Å²) in [6.45, 7) is 3.21. The molecule has 2 aromatic rings. The molecule has 1 saturated heterocycles. The third-order valence-corrected chi connectivity index (χ3v) is 7.94. The molecule has 1 fully saturated rings. The van der Waals surface area contributed by atoms with E-state index >= 15 is 0 Å². The minimum Gasteiger partial charge on any atom is -0.497 e. The average molecular weight is 576 g/mol.